The Balaban J connectivity index is 2.90. The lowest BCUT2D eigenvalue weighted by atomic mass is 10.2. The molecular formula is C11H12N2O3S. The zero-order valence-electron chi connectivity index (χ0n) is 9.57. The Morgan fingerprint density at radius 3 is 2.88 bits per heavy atom. The van der Waals surface area contributed by atoms with Crippen molar-refractivity contribution in [1.82, 2.24) is 0 Å². The summed E-state index contributed by atoms with van der Waals surface area (Å²) in [4.78, 5) is 22.9. The molecule has 1 N–H and O–H groups in total. The van der Waals surface area contributed by atoms with Gasteiger partial charge in [-0.05, 0) is 24.8 Å². The van der Waals surface area contributed by atoms with Crippen LogP contribution in [0.1, 0.15) is 29.3 Å². The van der Waals surface area contributed by atoms with E-state index in [0.717, 1.165) is 5.56 Å². The number of nitrogens with zero attached hydrogens (tertiary/aromatic N) is 1. The van der Waals surface area contributed by atoms with Crippen LogP contribution in [0.4, 0.5) is 5.00 Å². The molecule has 17 heavy (non-hydrogen) atoms. The third-order valence-electron chi connectivity index (χ3n) is 1.95. The first kappa shape index (κ1) is 13.2. The molecule has 0 aliphatic rings. The molecule has 0 saturated heterocycles. The van der Waals surface area contributed by atoms with Gasteiger partial charge in [-0.15, -0.1) is 11.3 Å². The lowest BCUT2D eigenvalue weighted by Crippen LogP contribution is -2.13. The van der Waals surface area contributed by atoms with Crippen LogP contribution in [0.3, 0.4) is 0 Å². The predicted molar refractivity (Wildman–Crippen MR) is 63.9 cm³/mol. The van der Waals surface area contributed by atoms with Crippen LogP contribution in [0.2, 0.25) is 0 Å². The fourth-order valence-corrected chi connectivity index (χ4v) is 2.18. The van der Waals surface area contributed by atoms with Crippen molar-refractivity contribution in [3.8, 4) is 6.07 Å². The van der Waals surface area contributed by atoms with Gasteiger partial charge < -0.3 is 10.1 Å². The Hall–Kier alpha value is -1.87. The first-order valence-corrected chi connectivity index (χ1v) is 5.90. The van der Waals surface area contributed by atoms with E-state index in [0.29, 0.717) is 10.6 Å². The second-order valence-electron chi connectivity index (χ2n) is 3.23. The number of hydrogen-bond acceptors (Lipinski definition) is 5. The van der Waals surface area contributed by atoms with Gasteiger partial charge in [0.2, 0.25) is 5.91 Å². The lowest BCUT2D eigenvalue weighted by Gasteiger charge is -2.05. The third kappa shape index (κ3) is 3.29. The van der Waals surface area contributed by atoms with Crippen LogP contribution in [0.25, 0.3) is 0 Å². The van der Waals surface area contributed by atoms with Gasteiger partial charge in [-0.3, -0.25) is 4.79 Å². The lowest BCUT2D eigenvalue weighted by molar-refractivity contribution is -0.115. The number of rotatable bonds is 4. The van der Waals surface area contributed by atoms with Crippen LogP contribution in [-0.4, -0.2) is 18.5 Å². The Morgan fingerprint density at radius 2 is 2.29 bits per heavy atom. The number of hydrogen-bond donors (Lipinski definition) is 1. The fraction of sp³-hybridized carbons (Fsp3) is 0.364. The van der Waals surface area contributed by atoms with E-state index in [1.165, 1.54) is 11.3 Å². The number of anilines is 1. The van der Waals surface area contributed by atoms with Crippen molar-refractivity contribution < 1.29 is 14.3 Å². The van der Waals surface area contributed by atoms with E-state index < -0.39 is 11.9 Å². The van der Waals surface area contributed by atoms with Crippen molar-refractivity contribution in [2.45, 2.75) is 20.3 Å². The van der Waals surface area contributed by atoms with Gasteiger partial charge in [-0.1, -0.05) is 0 Å². The standard InChI is InChI=1S/C11H12N2O3S/c1-3-16-11(15)9-7(2)6-17-10(9)13-8(14)4-5-12/h6H,3-4H2,1-2H3,(H,13,14). The average molecular weight is 252 g/mol. The molecule has 0 atom stereocenters. The normalized spacial score (nSPS) is 9.47. The highest BCUT2D eigenvalue weighted by atomic mass is 32.1. The molecule has 0 unspecified atom stereocenters. The summed E-state index contributed by atoms with van der Waals surface area (Å²) in [5.41, 5.74) is 1.11. The van der Waals surface area contributed by atoms with Crippen LogP contribution in [0.5, 0.6) is 0 Å². The highest BCUT2D eigenvalue weighted by Gasteiger charge is 2.19. The fourth-order valence-electron chi connectivity index (χ4n) is 1.24. The number of nitrogens with one attached hydrogen (secondary N) is 1. The Bertz CT molecular complexity index is 474. The van der Waals surface area contributed by atoms with E-state index in [1.807, 2.05) is 0 Å². The maximum Gasteiger partial charge on any atom is 0.341 e. The molecule has 1 amide bonds. The van der Waals surface area contributed by atoms with Crippen molar-refractivity contribution in [3.63, 3.8) is 0 Å². The SMILES string of the molecule is CCOC(=O)c1c(C)csc1NC(=O)CC#N. The molecule has 0 bridgehead atoms. The summed E-state index contributed by atoms with van der Waals surface area (Å²) in [5.74, 6) is -0.890. The van der Waals surface area contributed by atoms with Gasteiger partial charge in [-0.25, -0.2) is 4.79 Å². The minimum absolute atomic E-state index is 0.237. The van der Waals surface area contributed by atoms with Gasteiger partial charge in [0.05, 0.1) is 18.2 Å². The minimum Gasteiger partial charge on any atom is -0.462 e. The maximum absolute atomic E-state index is 11.7. The maximum atomic E-state index is 11.7. The summed E-state index contributed by atoms with van der Waals surface area (Å²) in [5, 5.41) is 13.1. The molecule has 1 heterocycles. The molecule has 0 fully saturated rings. The first-order chi connectivity index (χ1) is 8.10. The van der Waals surface area contributed by atoms with E-state index in [2.05, 4.69) is 5.32 Å². The van der Waals surface area contributed by atoms with Gasteiger partial charge >= 0.3 is 5.97 Å². The van der Waals surface area contributed by atoms with Crippen LogP contribution in [0.15, 0.2) is 5.38 Å². The number of amides is 1. The molecule has 6 heteroatoms. The summed E-state index contributed by atoms with van der Waals surface area (Å²) in [6.07, 6.45) is -0.237. The van der Waals surface area contributed by atoms with E-state index >= 15 is 0 Å². The van der Waals surface area contributed by atoms with Crippen LogP contribution in [-0.2, 0) is 9.53 Å². The summed E-state index contributed by atoms with van der Waals surface area (Å²) < 4.78 is 4.90. The molecular weight excluding hydrogens is 240 g/mol. The van der Waals surface area contributed by atoms with Crippen molar-refractivity contribution in [1.29, 1.82) is 5.26 Å². The number of ether oxygens (including phenoxy) is 1. The molecule has 0 spiro atoms. The summed E-state index contributed by atoms with van der Waals surface area (Å²) >= 11 is 1.24. The molecule has 0 aromatic carbocycles. The van der Waals surface area contributed by atoms with Crippen molar-refractivity contribution in [3.05, 3.63) is 16.5 Å². The largest absolute Gasteiger partial charge is 0.462 e. The van der Waals surface area contributed by atoms with E-state index in [1.54, 1.807) is 25.3 Å². The third-order valence-corrected chi connectivity index (χ3v) is 2.96. The van der Waals surface area contributed by atoms with Gasteiger partial charge in [0.15, 0.2) is 0 Å². The number of nitriles is 1. The molecule has 1 rings (SSSR count). The highest BCUT2D eigenvalue weighted by molar-refractivity contribution is 7.15. The van der Waals surface area contributed by atoms with E-state index in [9.17, 15) is 9.59 Å². The summed E-state index contributed by atoms with van der Waals surface area (Å²) in [6.45, 7) is 3.76. The first-order valence-electron chi connectivity index (χ1n) is 5.02. The number of carbonyl (C=O) groups excluding carboxylic acids is 2. The molecule has 90 valence electrons. The Morgan fingerprint density at radius 1 is 1.59 bits per heavy atom. The Kier molecular flexibility index (Phi) is 4.67. The number of aryl methyl sites for hydroxylation is 1. The number of carbonyl (C=O) groups is 2. The molecule has 0 radical (unpaired) electrons. The number of thiophene rings is 1. The molecule has 0 aliphatic carbocycles. The van der Waals surface area contributed by atoms with E-state index in [-0.39, 0.29) is 13.0 Å². The smallest absolute Gasteiger partial charge is 0.341 e. The predicted octanol–water partition coefficient (Wildman–Crippen LogP) is 2.09. The molecule has 0 aliphatic heterocycles. The van der Waals surface area contributed by atoms with Crippen molar-refractivity contribution >= 4 is 28.2 Å². The second kappa shape index (κ2) is 6.01. The quantitative estimate of drug-likeness (QED) is 0.832. The van der Waals surface area contributed by atoms with Crippen LogP contribution < -0.4 is 5.32 Å². The minimum atomic E-state index is -0.460. The highest BCUT2D eigenvalue weighted by Crippen LogP contribution is 2.28. The second-order valence-corrected chi connectivity index (χ2v) is 4.11. The molecule has 1 aromatic heterocycles. The molecule has 5 nitrogen and oxygen atoms in total. The van der Waals surface area contributed by atoms with Crippen molar-refractivity contribution in [2.75, 3.05) is 11.9 Å². The Labute approximate surface area is 103 Å². The van der Waals surface area contributed by atoms with Crippen LogP contribution in [0, 0.1) is 18.3 Å². The summed E-state index contributed by atoms with van der Waals surface area (Å²) in [7, 11) is 0. The van der Waals surface area contributed by atoms with Crippen LogP contribution >= 0.6 is 11.3 Å². The monoisotopic (exact) mass is 252 g/mol. The number of esters is 1. The van der Waals surface area contributed by atoms with Gasteiger partial charge in [-0.2, -0.15) is 5.26 Å². The summed E-state index contributed by atoms with van der Waals surface area (Å²) in [6, 6.07) is 1.74. The van der Waals surface area contributed by atoms with Gasteiger partial charge in [0, 0.05) is 0 Å². The van der Waals surface area contributed by atoms with Gasteiger partial charge in [0.25, 0.3) is 0 Å². The average Bonchev–Trinajstić information content (AvgIpc) is 2.60. The zero-order valence-corrected chi connectivity index (χ0v) is 10.4. The zero-order chi connectivity index (χ0) is 12.8. The van der Waals surface area contributed by atoms with E-state index in [4.69, 9.17) is 10.00 Å². The molecule has 1 aromatic rings. The van der Waals surface area contributed by atoms with Crippen molar-refractivity contribution in [2.24, 2.45) is 0 Å². The topological polar surface area (TPSA) is 79.2 Å². The molecule has 0 saturated carbocycles. The van der Waals surface area contributed by atoms with Gasteiger partial charge in [0.1, 0.15) is 11.4 Å².